The molecule has 0 radical (unpaired) electrons. The normalized spacial score (nSPS) is 18.3. The van der Waals surface area contributed by atoms with Gasteiger partial charge in [-0.1, -0.05) is 54.6 Å². The molecule has 1 atom stereocenters. The van der Waals surface area contributed by atoms with Crippen molar-refractivity contribution >= 4 is 32.6 Å². The van der Waals surface area contributed by atoms with Gasteiger partial charge in [-0.15, -0.1) is 11.8 Å². The van der Waals surface area contributed by atoms with Gasteiger partial charge in [-0.05, 0) is 17.5 Å². The summed E-state index contributed by atoms with van der Waals surface area (Å²) >= 11 is 1.63. The molecule has 3 aromatic carbocycles. The van der Waals surface area contributed by atoms with Crippen molar-refractivity contribution in [1.29, 1.82) is 0 Å². The molecule has 26 heavy (non-hydrogen) atoms. The summed E-state index contributed by atoms with van der Waals surface area (Å²) in [6, 6.07) is 20.6. The third kappa shape index (κ3) is 2.88. The first-order valence-electron chi connectivity index (χ1n) is 8.37. The number of hydrogen-bond acceptors (Lipinski definition) is 4. The Morgan fingerprint density at radius 3 is 2.58 bits per heavy atom. The fourth-order valence-electron chi connectivity index (χ4n) is 3.36. The first-order chi connectivity index (χ1) is 12.6. The Labute approximate surface area is 157 Å². The monoisotopic (exact) mass is 385 g/mol. The van der Waals surface area contributed by atoms with Gasteiger partial charge in [0.2, 0.25) is 10.0 Å². The minimum absolute atomic E-state index is 0.282. The molecule has 1 fully saturated rings. The summed E-state index contributed by atoms with van der Waals surface area (Å²) in [4.78, 5) is 0.359. The number of thioether (sulfide) groups is 1. The number of benzene rings is 3. The number of methoxy groups -OCH3 is 1. The summed E-state index contributed by atoms with van der Waals surface area (Å²) in [6.45, 7) is 0.485. The smallest absolute Gasteiger partial charge is 0.245 e. The zero-order chi connectivity index (χ0) is 18.1. The maximum Gasteiger partial charge on any atom is 0.245 e. The van der Waals surface area contributed by atoms with Crippen LogP contribution in [0.25, 0.3) is 10.8 Å². The number of nitrogens with zero attached hydrogens (tertiary/aromatic N) is 1. The van der Waals surface area contributed by atoms with Crippen LogP contribution in [0.5, 0.6) is 5.75 Å². The molecule has 0 spiro atoms. The highest BCUT2D eigenvalue weighted by atomic mass is 32.2. The predicted octanol–water partition coefficient (Wildman–Crippen LogP) is 4.28. The number of para-hydroxylation sites is 1. The lowest BCUT2D eigenvalue weighted by atomic mass is 10.1. The number of sulfonamides is 1. The van der Waals surface area contributed by atoms with E-state index in [0.29, 0.717) is 17.2 Å². The number of fused-ring (bicyclic) bond motifs is 1. The first-order valence-corrected chi connectivity index (χ1v) is 10.9. The van der Waals surface area contributed by atoms with Crippen molar-refractivity contribution in [3.63, 3.8) is 0 Å². The van der Waals surface area contributed by atoms with Crippen LogP contribution in [0, 0.1) is 0 Å². The average molecular weight is 386 g/mol. The molecule has 1 aliphatic heterocycles. The molecule has 0 N–H and O–H groups in total. The summed E-state index contributed by atoms with van der Waals surface area (Å²) in [5.74, 6) is 1.47. The Kier molecular flexibility index (Phi) is 4.65. The average Bonchev–Trinajstić information content (AvgIpc) is 3.18. The second-order valence-electron chi connectivity index (χ2n) is 6.06. The van der Waals surface area contributed by atoms with Crippen LogP contribution < -0.4 is 4.74 Å². The standard InChI is InChI=1S/C20H19NO3S2/c1-24-18-11-5-4-10-17(18)20-21(13-14-25-20)26(22,23)19-12-6-8-15-7-2-3-9-16(15)19/h2-12,20H,13-14H2,1H3. The van der Waals surface area contributed by atoms with Crippen molar-refractivity contribution in [2.24, 2.45) is 0 Å². The molecular weight excluding hydrogens is 366 g/mol. The van der Waals surface area contributed by atoms with Crippen LogP contribution in [0.1, 0.15) is 10.9 Å². The Bertz CT molecular complexity index is 1040. The Hall–Kier alpha value is -2.02. The molecule has 4 rings (SSSR count). The molecule has 6 heteroatoms. The lowest BCUT2D eigenvalue weighted by Crippen LogP contribution is -2.30. The van der Waals surface area contributed by atoms with E-state index in [1.165, 1.54) is 0 Å². The highest BCUT2D eigenvalue weighted by molar-refractivity contribution is 8.01. The van der Waals surface area contributed by atoms with Crippen molar-refractivity contribution in [3.05, 3.63) is 72.3 Å². The molecule has 0 aliphatic carbocycles. The molecule has 1 saturated heterocycles. The van der Waals surface area contributed by atoms with Crippen molar-refractivity contribution in [3.8, 4) is 5.75 Å². The minimum Gasteiger partial charge on any atom is -0.496 e. The van der Waals surface area contributed by atoms with E-state index < -0.39 is 10.0 Å². The zero-order valence-electron chi connectivity index (χ0n) is 14.3. The fraction of sp³-hybridized carbons (Fsp3) is 0.200. The van der Waals surface area contributed by atoms with Crippen molar-refractivity contribution in [2.45, 2.75) is 10.3 Å². The highest BCUT2D eigenvalue weighted by Gasteiger charge is 2.38. The molecule has 1 heterocycles. The van der Waals surface area contributed by atoms with E-state index in [0.717, 1.165) is 22.1 Å². The lowest BCUT2D eigenvalue weighted by Gasteiger charge is -2.25. The number of hydrogen-bond donors (Lipinski definition) is 0. The quantitative estimate of drug-likeness (QED) is 0.672. The van der Waals surface area contributed by atoms with Crippen LogP contribution in [0.15, 0.2) is 71.6 Å². The predicted molar refractivity (Wildman–Crippen MR) is 106 cm³/mol. The number of rotatable bonds is 4. The summed E-state index contributed by atoms with van der Waals surface area (Å²) in [6.07, 6.45) is 0. The maximum atomic E-state index is 13.5. The molecule has 0 bridgehead atoms. The van der Waals surface area contributed by atoms with Crippen LogP contribution in [0.3, 0.4) is 0 Å². The van der Waals surface area contributed by atoms with Gasteiger partial charge in [0.1, 0.15) is 5.75 Å². The maximum absolute atomic E-state index is 13.5. The third-order valence-electron chi connectivity index (χ3n) is 4.59. The minimum atomic E-state index is -3.63. The Balaban J connectivity index is 1.82. The fourth-order valence-corrected chi connectivity index (χ4v) is 6.84. The molecule has 134 valence electrons. The van der Waals surface area contributed by atoms with E-state index in [4.69, 9.17) is 4.74 Å². The van der Waals surface area contributed by atoms with Gasteiger partial charge < -0.3 is 4.74 Å². The summed E-state index contributed by atoms with van der Waals surface area (Å²) in [5, 5.41) is 1.40. The van der Waals surface area contributed by atoms with E-state index in [2.05, 4.69) is 0 Å². The van der Waals surface area contributed by atoms with Gasteiger partial charge in [-0.25, -0.2) is 8.42 Å². The largest absolute Gasteiger partial charge is 0.496 e. The topological polar surface area (TPSA) is 46.6 Å². The SMILES string of the molecule is COc1ccccc1C1SCCN1S(=O)(=O)c1cccc2ccccc12. The van der Waals surface area contributed by atoms with Gasteiger partial charge in [0.25, 0.3) is 0 Å². The van der Waals surface area contributed by atoms with Crippen LogP contribution in [-0.4, -0.2) is 32.1 Å². The van der Waals surface area contributed by atoms with Crippen LogP contribution in [0.2, 0.25) is 0 Å². The molecule has 1 aliphatic rings. The van der Waals surface area contributed by atoms with E-state index >= 15 is 0 Å². The van der Waals surface area contributed by atoms with Crippen LogP contribution in [0.4, 0.5) is 0 Å². The van der Waals surface area contributed by atoms with Gasteiger partial charge >= 0.3 is 0 Å². The molecule has 4 nitrogen and oxygen atoms in total. The van der Waals surface area contributed by atoms with Gasteiger partial charge in [0.15, 0.2) is 0 Å². The summed E-state index contributed by atoms with van der Waals surface area (Å²) in [5.41, 5.74) is 0.890. The van der Waals surface area contributed by atoms with E-state index in [1.807, 2.05) is 54.6 Å². The molecule has 3 aromatic rings. The van der Waals surface area contributed by atoms with Gasteiger partial charge in [0.05, 0.1) is 17.4 Å². The Morgan fingerprint density at radius 1 is 1.00 bits per heavy atom. The Morgan fingerprint density at radius 2 is 1.73 bits per heavy atom. The molecule has 0 saturated carbocycles. The molecular formula is C20H19NO3S2. The molecule has 0 aromatic heterocycles. The van der Waals surface area contributed by atoms with E-state index in [9.17, 15) is 8.42 Å². The first kappa shape index (κ1) is 17.4. The van der Waals surface area contributed by atoms with Crippen molar-refractivity contribution < 1.29 is 13.2 Å². The van der Waals surface area contributed by atoms with Crippen LogP contribution >= 0.6 is 11.8 Å². The molecule has 0 amide bonds. The highest BCUT2D eigenvalue weighted by Crippen LogP contribution is 2.45. The van der Waals surface area contributed by atoms with Gasteiger partial charge in [-0.2, -0.15) is 4.31 Å². The van der Waals surface area contributed by atoms with Gasteiger partial charge in [0, 0.05) is 23.2 Å². The van der Waals surface area contributed by atoms with E-state index in [-0.39, 0.29) is 5.37 Å². The van der Waals surface area contributed by atoms with E-state index in [1.54, 1.807) is 35.3 Å². The third-order valence-corrected chi connectivity index (χ3v) is 7.89. The lowest BCUT2D eigenvalue weighted by molar-refractivity contribution is 0.390. The van der Waals surface area contributed by atoms with Crippen LogP contribution in [-0.2, 0) is 10.0 Å². The van der Waals surface area contributed by atoms with Crippen molar-refractivity contribution in [1.82, 2.24) is 4.31 Å². The number of ether oxygens (including phenoxy) is 1. The second kappa shape index (κ2) is 6.95. The summed E-state index contributed by atoms with van der Waals surface area (Å²) in [7, 11) is -2.02. The van der Waals surface area contributed by atoms with Crippen molar-refractivity contribution in [2.75, 3.05) is 19.4 Å². The van der Waals surface area contributed by atoms with Gasteiger partial charge in [-0.3, -0.25) is 0 Å². The molecule has 1 unspecified atom stereocenters. The second-order valence-corrected chi connectivity index (χ2v) is 9.11. The summed E-state index contributed by atoms with van der Waals surface area (Å²) < 4.78 is 34.1. The zero-order valence-corrected chi connectivity index (χ0v) is 16.0.